The van der Waals surface area contributed by atoms with Crippen molar-refractivity contribution >= 4 is 29.9 Å². The number of nitrogens with one attached hydrogen (secondary N) is 2. The highest BCUT2D eigenvalue weighted by Gasteiger charge is 2.38. The maximum absolute atomic E-state index is 12.9. The van der Waals surface area contributed by atoms with Crippen LogP contribution in [0.2, 0.25) is 5.02 Å². The average Bonchev–Trinajstić information content (AvgIpc) is 3.11. The minimum atomic E-state index is 0. The molecule has 2 fully saturated rings. The molecule has 4 rings (SSSR count). The van der Waals surface area contributed by atoms with Gasteiger partial charge in [-0.25, -0.2) is 0 Å². The van der Waals surface area contributed by atoms with Crippen LogP contribution in [0.25, 0.3) is 11.3 Å². The van der Waals surface area contributed by atoms with Crippen LogP contribution >= 0.6 is 24.0 Å². The largest absolute Gasteiger partial charge is 0.330 e. The van der Waals surface area contributed by atoms with Gasteiger partial charge < -0.3 is 10.2 Å². The highest BCUT2D eigenvalue weighted by molar-refractivity contribution is 6.30. The summed E-state index contributed by atoms with van der Waals surface area (Å²) in [5.74, 6) is 0.0638. The van der Waals surface area contributed by atoms with Crippen LogP contribution in [0.4, 0.5) is 0 Å². The van der Waals surface area contributed by atoms with Crippen molar-refractivity contribution in [3.8, 4) is 11.3 Å². The Hall–Kier alpha value is -1.56. The van der Waals surface area contributed by atoms with E-state index < -0.39 is 0 Å². The first-order valence-corrected chi connectivity index (χ1v) is 8.45. The standard InChI is InChI=1S/C17H19ClN4O.ClH/c18-12-3-1-11(2-4-12)15-9-16(21-20-15)17(23)22-13-5-6-14(22)10-19-8-7-13;/h1-4,9,13-14,19H,5-8,10H2,(H,20,21);1H. The highest BCUT2D eigenvalue weighted by Crippen LogP contribution is 2.30. The van der Waals surface area contributed by atoms with Gasteiger partial charge in [0.2, 0.25) is 0 Å². The molecule has 0 spiro atoms. The summed E-state index contributed by atoms with van der Waals surface area (Å²) in [5, 5.41) is 11.3. The van der Waals surface area contributed by atoms with Gasteiger partial charge in [-0.05, 0) is 44.0 Å². The quantitative estimate of drug-likeness (QED) is 0.858. The Morgan fingerprint density at radius 3 is 2.71 bits per heavy atom. The fraction of sp³-hybridized carbons (Fsp3) is 0.412. The number of fused-ring (bicyclic) bond motifs is 2. The van der Waals surface area contributed by atoms with Gasteiger partial charge >= 0.3 is 0 Å². The molecular formula is C17H20Cl2N4O. The number of hydrogen-bond donors (Lipinski definition) is 2. The molecule has 1 aromatic carbocycles. The number of halogens is 2. The molecule has 2 aliphatic rings. The third-order valence-electron chi connectivity index (χ3n) is 4.84. The van der Waals surface area contributed by atoms with E-state index in [0.29, 0.717) is 22.8 Å². The van der Waals surface area contributed by atoms with Crippen molar-refractivity contribution < 1.29 is 4.79 Å². The number of nitrogens with zero attached hydrogens (tertiary/aromatic N) is 2. The van der Waals surface area contributed by atoms with Gasteiger partial charge in [0.15, 0.2) is 0 Å². The van der Waals surface area contributed by atoms with Crippen molar-refractivity contribution in [1.82, 2.24) is 20.4 Å². The molecule has 24 heavy (non-hydrogen) atoms. The van der Waals surface area contributed by atoms with E-state index in [0.717, 1.165) is 43.6 Å². The summed E-state index contributed by atoms with van der Waals surface area (Å²) in [6, 6.07) is 9.96. The fourth-order valence-electron chi connectivity index (χ4n) is 3.65. The first-order chi connectivity index (χ1) is 11.2. The summed E-state index contributed by atoms with van der Waals surface area (Å²) in [5.41, 5.74) is 2.28. The van der Waals surface area contributed by atoms with Crippen molar-refractivity contribution in [2.24, 2.45) is 0 Å². The molecule has 2 atom stereocenters. The summed E-state index contributed by atoms with van der Waals surface area (Å²) in [4.78, 5) is 15.0. The molecule has 2 saturated heterocycles. The lowest BCUT2D eigenvalue weighted by atomic mass is 10.1. The molecule has 1 amide bonds. The molecule has 7 heteroatoms. The lowest BCUT2D eigenvalue weighted by Gasteiger charge is -2.27. The molecule has 3 heterocycles. The van der Waals surface area contributed by atoms with Crippen LogP contribution in [0.1, 0.15) is 29.8 Å². The fourth-order valence-corrected chi connectivity index (χ4v) is 3.78. The Morgan fingerprint density at radius 1 is 1.17 bits per heavy atom. The molecule has 5 nitrogen and oxygen atoms in total. The Kier molecular flexibility index (Phi) is 5.13. The second kappa shape index (κ2) is 7.13. The van der Waals surface area contributed by atoms with Gasteiger partial charge in [0, 0.05) is 29.2 Å². The van der Waals surface area contributed by atoms with E-state index in [2.05, 4.69) is 20.4 Å². The zero-order chi connectivity index (χ0) is 15.8. The van der Waals surface area contributed by atoms with E-state index in [1.165, 1.54) is 0 Å². The summed E-state index contributed by atoms with van der Waals surface area (Å²) in [6.07, 6.45) is 3.22. The number of amides is 1. The third kappa shape index (κ3) is 3.16. The first-order valence-electron chi connectivity index (χ1n) is 8.07. The van der Waals surface area contributed by atoms with Crippen LogP contribution in [0.5, 0.6) is 0 Å². The van der Waals surface area contributed by atoms with Gasteiger partial charge in [0.25, 0.3) is 5.91 Å². The normalized spacial score (nSPS) is 22.8. The van der Waals surface area contributed by atoms with Crippen LogP contribution in [0.15, 0.2) is 30.3 Å². The topological polar surface area (TPSA) is 61.0 Å². The smallest absolute Gasteiger partial charge is 0.272 e. The van der Waals surface area contributed by atoms with E-state index in [1.807, 2.05) is 30.3 Å². The van der Waals surface area contributed by atoms with Crippen molar-refractivity contribution in [3.05, 3.63) is 41.0 Å². The van der Waals surface area contributed by atoms with E-state index in [-0.39, 0.29) is 18.3 Å². The Bertz CT molecular complexity index is 702. The average molecular weight is 367 g/mol. The molecular weight excluding hydrogens is 347 g/mol. The van der Waals surface area contributed by atoms with Gasteiger partial charge in [-0.2, -0.15) is 5.10 Å². The van der Waals surface area contributed by atoms with Crippen LogP contribution in [-0.2, 0) is 0 Å². The molecule has 2 aromatic rings. The number of carbonyl (C=O) groups excluding carboxylic acids is 1. The number of benzene rings is 1. The molecule has 128 valence electrons. The number of aromatic nitrogens is 2. The van der Waals surface area contributed by atoms with Crippen molar-refractivity contribution in [2.45, 2.75) is 31.3 Å². The minimum absolute atomic E-state index is 0. The molecule has 0 radical (unpaired) electrons. The Balaban J connectivity index is 0.00000169. The Morgan fingerprint density at radius 2 is 1.92 bits per heavy atom. The summed E-state index contributed by atoms with van der Waals surface area (Å²) in [6.45, 7) is 1.88. The van der Waals surface area contributed by atoms with Gasteiger partial charge in [0.1, 0.15) is 5.69 Å². The van der Waals surface area contributed by atoms with Crippen molar-refractivity contribution in [1.29, 1.82) is 0 Å². The van der Waals surface area contributed by atoms with Gasteiger partial charge in [-0.1, -0.05) is 23.7 Å². The van der Waals surface area contributed by atoms with E-state index >= 15 is 0 Å². The van der Waals surface area contributed by atoms with Gasteiger partial charge in [-0.3, -0.25) is 9.89 Å². The Labute approximate surface area is 152 Å². The predicted molar refractivity (Wildman–Crippen MR) is 96.7 cm³/mol. The number of carbonyl (C=O) groups is 1. The molecule has 2 N–H and O–H groups in total. The number of hydrogen-bond acceptors (Lipinski definition) is 3. The molecule has 0 aliphatic carbocycles. The third-order valence-corrected chi connectivity index (χ3v) is 5.09. The van der Waals surface area contributed by atoms with Crippen LogP contribution in [0, 0.1) is 0 Å². The van der Waals surface area contributed by atoms with E-state index in [9.17, 15) is 4.79 Å². The molecule has 1 aromatic heterocycles. The number of rotatable bonds is 2. The lowest BCUT2D eigenvalue weighted by molar-refractivity contribution is 0.0674. The second-order valence-corrected chi connectivity index (χ2v) is 6.70. The van der Waals surface area contributed by atoms with Crippen LogP contribution < -0.4 is 5.32 Å². The lowest BCUT2D eigenvalue weighted by Crippen LogP contribution is -2.42. The summed E-state index contributed by atoms with van der Waals surface area (Å²) >= 11 is 5.92. The van der Waals surface area contributed by atoms with Crippen LogP contribution in [0.3, 0.4) is 0 Å². The zero-order valence-electron chi connectivity index (χ0n) is 13.2. The molecule has 2 aliphatic heterocycles. The van der Waals surface area contributed by atoms with E-state index in [1.54, 1.807) is 0 Å². The zero-order valence-corrected chi connectivity index (χ0v) is 14.7. The predicted octanol–water partition coefficient (Wildman–Crippen LogP) is 3.12. The van der Waals surface area contributed by atoms with Crippen molar-refractivity contribution in [3.63, 3.8) is 0 Å². The molecule has 2 bridgehead atoms. The molecule has 2 unspecified atom stereocenters. The van der Waals surface area contributed by atoms with Gasteiger partial charge in [-0.15, -0.1) is 12.4 Å². The van der Waals surface area contributed by atoms with Crippen molar-refractivity contribution in [2.75, 3.05) is 13.1 Å². The number of H-pyrrole nitrogens is 1. The van der Waals surface area contributed by atoms with E-state index in [4.69, 9.17) is 11.6 Å². The maximum atomic E-state index is 12.9. The monoisotopic (exact) mass is 366 g/mol. The minimum Gasteiger partial charge on any atom is -0.330 e. The molecule has 0 saturated carbocycles. The number of aromatic amines is 1. The SMILES string of the molecule is Cl.O=C(c1cc(-c2ccc(Cl)cc2)n[nH]1)N1C2CCNCC1CC2. The summed E-state index contributed by atoms with van der Waals surface area (Å²) < 4.78 is 0. The van der Waals surface area contributed by atoms with Crippen LogP contribution in [-0.4, -0.2) is 46.2 Å². The first kappa shape index (κ1) is 17.3. The second-order valence-electron chi connectivity index (χ2n) is 6.26. The maximum Gasteiger partial charge on any atom is 0.272 e. The van der Waals surface area contributed by atoms with Gasteiger partial charge in [0.05, 0.1) is 5.69 Å². The summed E-state index contributed by atoms with van der Waals surface area (Å²) in [7, 11) is 0. The highest BCUT2D eigenvalue weighted by atomic mass is 35.5.